The van der Waals surface area contributed by atoms with Crippen molar-refractivity contribution in [1.29, 1.82) is 0 Å². The highest BCUT2D eigenvalue weighted by Crippen LogP contribution is 2.37. The Balaban J connectivity index is 1.91. The number of benzene rings is 2. The number of aromatic nitrogens is 2. The summed E-state index contributed by atoms with van der Waals surface area (Å²) in [6.45, 7) is 1.72. The second-order valence-corrected chi connectivity index (χ2v) is 6.74. The third kappa shape index (κ3) is 2.75. The van der Waals surface area contributed by atoms with Crippen LogP contribution in [0.1, 0.15) is 21.8 Å². The van der Waals surface area contributed by atoms with Crippen LogP contribution in [-0.2, 0) is 0 Å². The lowest BCUT2D eigenvalue weighted by atomic mass is 10.0. The minimum Gasteiger partial charge on any atom is -0.494 e. The number of hydrogen-bond donors (Lipinski definition) is 2. The zero-order chi connectivity index (χ0) is 18.4. The smallest absolute Gasteiger partial charge is 0.237 e. The molecule has 2 N–H and O–H groups in total. The molecule has 4 aromatic rings. The fraction of sp³-hybridized carbons (Fsp3) is 0.0526. The van der Waals surface area contributed by atoms with E-state index in [-0.39, 0.29) is 17.2 Å². The fourth-order valence-electron chi connectivity index (χ4n) is 2.88. The van der Waals surface area contributed by atoms with E-state index in [0.717, 1.165) is 11.1 Å². The summed E-state index contributed by atoms with van der Waals surface area (Å²) < 4.78 is 5.04. The number of nitrogens with one attached hydrogen (secondary N) is 1. The fourth-order valence-corrected chi connectivity index (χ4v) is 3.27. The maximum atomic E-state index is 12.8. The zero-order valence-corrected chi connectivity index (χ0v) is 15.0. The Kier molecular flexibility index (Phi) is 3.98. The summed E-state index contributed by atoms with van der Waals surface area (Å²) in [6.07, 6.45) is 0. The molecule has 4 rings (SSSR count). The molecule has 0 atom stereocenters. The number of carbonyl (C=O) groups excluding carboxylic acids is 1. The number of fused-ring (bicyclic) bond motifs is 1. The predicted octanol–water partition coefficient (Wildman–Crippen LogP) is 5.37. The molecule has 0 saturated heterocycles. The second kappa shape index (κ2) is 6.20. The lowest BCUT2D eigenvalue weighted by Crippen LogP contribution is -1.99. The third-order valence-electron chi connectivity index (χ3n) is 4.10. The normalized spacial score (nSPS) is 11.2. The molecule has 0 fully saturated rings. The Bertz CT molecular complexity index is 1140. The number of aromatic hydroxyl groups is 1. The molecule has 0 aliphatic carbocycles. The largest absolute Gasteiger partial charge is 0.494 e. The number of aromatic amines is 1. The van der Waals surface area contributed by atoms with Gasteiger partial charge in [0.1, 0.15) is 0 Å². The van der Waals surface area contributed by atoms with Gasteiger partial charge in [-0.15, -0.1) is 0 Å². The van der Waals surface area contributed by atoms with Crippen LogP contribution in [0.25, 0.3) is 22.0 Å². The molecule has 26 heavy (non-hydrogen) atoms. The van der Waals surface area contributed by atoms with Crippen molar-refractivity contribution in [3.05, 3.63) is 69.5 Å². The number of hydrogen-bond acceptors (Lipinski definition) is 4. The molecule has 0 aliphatic rings. The molecule has 0 spiro atoms. The summed E-state index contributed by atoms with van der Waals surface area (Å²) >= 11 is 12.3. The van der Waals surface area contributed by atoms with Crippen molar-refractivity contribution in [3.8, 4) is 17.0 Å². The molecule has 130 valence electrons. The van der Waals surface area contributed by atoms with E-state index in [1.54, 1.807) is 31.2 Å². The zero-order valence-electron chi connectivity index (χ0n) is 13.5. The second-order valence-electron chi connectivity index (χ2n) is 5.89. The van der Waals surface area contributed by atoms with Gasteiger partial charge in [-0.3, -0.25) is 4.79 Å². The molecular weight excluding hydrogens is 375 g/mol. The van der Waals surface area contributed by atoms with E-state index in [4.69, 9.17) is 27.7 Å². The van der Waals surface area contributed by atoms with Gasteiger partial charge in [0.05, 0.1) is 21.8 Å². The molecule has 2 heterocycles. The van der Waals surface area contributed by atoms with Gasteiger partial charge in [-0.25, -0.2) is 0 Å². The summed E-state index contributed by atoms with van der Waals surface area (Å²) in [5, 5.41) is 15.6. The highest BCUT2D eigenvalue weighted by molar-refractivity contribution is 6.34. The molecule has 0 amide bonds. The Labute approximate surface area is 158 Å². The van der Waals surface area contributed by atoms with E-state index >= 15 is 0 Å². The summed E-state index contributed by atoms with van der Waals surface area (Å²) in [5.74, 6) is -0.649. The van der Waals surface area contributed by atoms with Crippen molar-refractivity contribution in [2.24, 2.45) is 0 Å². The van der Waals surface area contributed by atoms with Crippen LogP contribution in [-0.4, -0.2) is 21.0 Å². The highest BCUT2D eigenvalue weighted by atomic mass is 35.5. The molecule has 0 unspecified atom stereocenters. The van der Waals surface area contributed by atoms with Crippen molar-refractivity contribution < 1.29 is 14.4 Å². The number of carbonyl (C=O) groups is 1. The van der Waals surface area contributed by atoms with Crippen molar-refractivity contribution in [1.82, 2.24) is 10.1 Å². The third-order valence-corrected chi connectivity index (χ3v) is 4.67. The highest BCUT2D eigenvalue weighted by Gasteiger charge is 2.24. The van der Waals surface area contributed by atoms with Crippen LogP contribution >= 0.6 is 23.2 Å². The Morgan fingerprint density at radius 3 is 2.54 bits per heavy atom. The van der Waals surface area contributed by atoms with Gasteiger partial charge in [0.25, 0.3) is 0 Å². The van der Waals surface area contributed by atoms with Gasteiger partial charge in [0.2, 0.25) is 17.4 Å². The van der Waals surface area contributed by atoms with Gasteiger partial charge in [0.15, 0.2) is 0 Å². The molecule has 2 aromatic carbocycles. The van der Waals surface area contributed by atoms with Crippen molar-refractivity contribution >= 4 is 39.9 Å². The first kappa shape index (κ1) is 16.7. The van der Waals surface area contributed by atoms with E-state index in [1.165, 1.54) is 6.07 Å². The van der Waals surface area contributed by atoms with E-state index in [9.17, 15) is 9.90 Å². The van der Waals surface area contributed by atoms with E-state index < -0.39 is 5.78 Å². The summed E-state index contributed by atoms with van der Waals surface area (Å²) in [7, 11) is 0. The maximum Gasteiger partial charge on any atom is 0.237 e. The van der Waals surface area contributed by atoms with Gasteiger partial charge in [-0.05, 0) is 36.8 Å². The molecule has 7 heteroatoms. The van der Waals surface area contributed by atoms with Crippen LogP contribution in [0.5, 0.6) is 5.88 Å². The Hall–Kier alpha value is -2.76. The van der Waals surface area contributed by atoms with Crippen LogP contribution in [0.15, 0.2) is 47.0 Å². The van der Waals surface area contributed by atoms with Crippen LogP contribution in [0.3, 0.4) is 0 Å². The number of halogens is 2. The van der Waals surface area contributed by atoms with Crippen LogP contribution in [0.2, 0.25) is 10.0 Å². The number of ketones is 1. The number of aryl methyl sites for hydroxylation is 1. The topological polar surface area (TPSA) is 79.1 Å². The molecule has 0 bridgehead atoms. The first-order valence-electron chi connectivity index (χ1n) is 7.72. The molecule has 0 aliphatic heterocycles. The average Bonchev–Trinajstić information content (AvgIpc) is 3.17. The first-order chi connectivity index (χ1) is 12.4. The monoisotopic (exact) mass is 386 g/mol. The standard InChI is InChI=1S/C19H12Cl2N2O3/c1-9-6-16(26-23-9)18(24)17-13-7-12(10-2-4-11(20)5-3-10)14(21)8-15(13)22-19(17)25/h2-8,22,25H,1H3. The van der Waals surface area contributed by atoms with Gasteiger partial charge in [-0.1, -0.05) is 40.5 Å². The molecular formula is C19H12Cl2N2O3. The van der Waals surface area contributed by atoms with Gasteiger partial charge >= 0.3 is 0 Å². The predicted molar refractivity (Wildman–Crippen MR) is 100 cm³/mol. The SMILES string of the molecule is Cc1cc(C(=O)c2c(O)[nH]c3cc(Cl)c(-c4ccc(Cl)cc4)cc23)on1. The van der Waals surface area contributed by atoms with Gasteiger partial charge in [-0.2, -0.15) is 0 Å². The number of nitrogens with zero attached hydrogens (tertiary/aromatic N) is 1. The van der Waals surface area contributed by atoms with Crippen molar-refractivity contribution in [2.75, 3.05) is 0 Å². The molecule has 5 nitrogen and oxygen atoms in total. The first-order valence-corrected chi connectivity index (χ1v) is 8.48. The lowest BCUT2D eigenvalue weighted by molar-refractivity contribution is 0.0999. The van der Waals surface area contributed by atoms with Gasteiger partial charge in [0, 0.05) is 22.0 Å². The van der Waals surface area contributed by atoms with E-state index in [0.29, 0.717) is 26.6 Å². The average molecular weight is 387 g/mol. The van der Waals surface area contributed by atoms with Crippen LogP contribution in [0.4, 0.5) is 0 Å². The number of rotatable bonds is 3. The van der Waals surface area contributed by atoms with E-state index in [1.807, 2.05) is 12.1 Å². The Morgan fingerprint density at radius 1 is 1.15 bits per heavy atom. The van der Waals surface area contributed by atoms with E-state index in [2.05, 4.69) is 10.1 Å². The number of H-pyrrole nitrogens is 1. The Morgan fingerprint density at radius 2 is 1.88 bits per heavy atom. The quantitative estimate of drug-likeness (QED) is 0.463. The minimum absolute atomic E-state index is 0.0571. The summed E-state index contributed by atoms with van der Waals surface area (Å²) in [5.41, 5.74) is 2.80. The van der Waals surface area contributed by atoms with Crippen LogP contribution in [0, 0.1) is 6.92 Å². The lowest BCUT2D eigenvalue weighted by Gasteiger charge is -2.06. The molecule has 2 aromatic heterocycles. The van der Waals surface area contributed by atoms with Gasteiger partial charge < -0.3 is 14.6 Å². The molecule has 0 saturated carbocycles. The van der Waals surface area contributed by atoms with Crippen molar-refractivity contribution in [3.63, 3.8) is 0 Å². The van der Waals surface area contributed by atoms with Crippen molar-refractivity contribution in [2.45, 2.75) is 6.92 Å². The minimum atomic E-state index is -0.460. The summed E-state index contributed by atoms with van der Waals surface area (Å²) in [4.78, 5) is 15.5. The summed E-state index contributed by atoms with van der Waals surface area (Å²) in [6, 6.07) is 12.1. The molecule has 0 radical (unpaired) electrons. The van der Waals surface area contributed by atoms with Crippen LogP contribution < -0.4 is 0 Å². The maximum absolute atomic E-state index is 12.8.